The summed E-state index contributed by atoms with van der Waals surface area (Å²) < 4.78 is 11.4. The van der Waals surface area contributed by atoms with Gasteiger partial charge in [-0.3, -0.25) is 9.89 Å². The van der Waals surface area contributed by atoms with Gasteiger partial charge in [0.15, 0.2) is 5.96 Å². The van der Waals surface area contributed by atoms with Crippen molar-refractivity contribution in [2.24, 2.45) is 10.9 Å². The molecular weight excluding hydrogens is 354 g/mol. The Labute approximate surface area is 167 Å². The normalized spacial score (nSPS) is 17.7. The van der Waals surface area contributed by atoms with Crippen LogP contribution in [0.3, 0.4) is 0 Å². The van der Waals surface area contributed by atoms with Crippen molar-refractivity contribution in [1.82, 2.24) is 20.5 Å². The first kappa shape index (κ1) is 20.5. The Morgan fingerprint density at radius 3 is 2.57 bits per heavy atom. The Balaban J connectivity index is 1.40. The van der Waals surface area contributed by atoms with Crippen molar-refractivity contribution in [3.63, 3.8) is 0 Å². The van der Waals surface area contributed by atoms with Crippen LogP contribution in [0.1, 0.15) is 54.7 Å². The molecule has 0 saturated carbocycles. The van der Waals surface area contributed by atoms with E-state index in [1.165, 1.54) is 0 Å². The van der Waals surface area contributed by atoms with Gasteiger partial charge in [0.25, 0.3) is 0 Å². The quantitative estimate of drug-likeness (QED) is 0.585. The van der Waals surface area contributed by atoms with Crippen molar-refractivity contribution < 1.29 is 8.83 Å². The average Bonchev–Trinajstić information content (AvgIpc) is 3.25. The number of piperidine rings is 1. The summed E-state index contributed by atoms with van der Waals surface area (Å²) in [6.45, 7) is 11.9. The molecule has 0 aromatic carbocycles. The van der Waals surface area contributed by atoms with E-state index in [-0.39, 0.29) is 6.04 Å². The Morgan fingerprint density at radius 1 is 1.25 bits per heavy atom. The lowest BCUT2D eigenvalue weighted by molar-refractivity contribution is 0.164. The molecule has 1 fully saturated rings. The number of rotatable bonds is 6. The van der Waals surface area contributed by atoms with Gasteiger partial charge in [0.2, 0.25) is 5.89 Å². The van der Waals surface area contributed by atoms with Gasteiger partial charge in [0, 0.05) is 13.6 Å². The van der Waals surface area contributed by atoms with Crippen molar-refractivity contribution >= 4 is 5.96 Å². The monoisotopic (exact) mass is 387 g/mol. The molecule has 7 heteroatoms. The molecule has 2 N–H and O–H groups in total. The van der Waals surface area contributed by atoms with Crippen molar-refractivity contribution in [1.29, 1.82) is 0 Å². The van der Waals surface area contributed by atoms with Gasteiger partial charge in [-0.05, 0) is 71.7 Å². The van der Waals surface area contributed by atoms with E-state index in [2.05, 4.69) is 32.4 Å². The van der Waals surface area contributed by atoms with Crippen LogP contribution in [0.5, 0.6) is 0 Å². The van der Waals surface area contributed by atoms with E-state index < -0.39 is 0 Å². The minimum atomic E-state index is 0.0782. The molecule has 0 bridgehead atoms. The summed E-state index contributed by atoms with van der Waals surface area (Å²) in [5.74, 6) is 5.06. The molecule has 1 aliphatic rings. The lowest BCUT2D eigenvalue weighted by atomic mass is 9.97. The van der Waals surface area contributed by atoms with E-state index in [0.29, 0.717) is 5.92 Å². The van der Waals surface area contributed by atoms with Gasteiger partial charge < -0.3 is 19.5 Å². The summed E-state index contributed by atoms with van der Waals surface area (Å²) in [6.07, 6.45) is 2.32. The second-order valence-electron chi connectivity index (χ2n) is 7.74. The third-order valence-corrected chi connectivity index (χ3v) is 5.46. The first-order valence-electron chi connectivity index (χ1n) is 10.1. The van der Waals surface area contributed by atoms with Crippen molar-refractivity contribution in [3.8, 4) is 0 Å². The second-order valence-corrected chi connectivity index (χ2v) is 7.74. The summed E-state index contributed by atoms with van der Waals surface area (Å²) in [4.78, 5) is 11.3. The molecule has 2 aromatic rings. The summed E-state index contributed by atoms with van der Waals surface area (Å²) in [7, 11) is 1.80. The van der Waals surface area contributed by atoms with E-state index in [1.54, 1.807) is 7.05 Å². The fourth-order valence-corrected chi connectivity index (χ4v) is 3.54. The lowest BCUT2D eigenvalue weighted by Gasteiger charge is -2.31. The summed E-state index contributed by atoms with van der Waals surface area (Å²) in [5, 5.41) is 6.87. The number of likely N-dealkylation sites (tertiary alicyclic amines) is 1. The third kappa shape index (κ3) is 5.38. The maximum absolute atomic E-state index is 5.72. The van der Waals surface area contributed by atoms with Gasteiger partial charge in [-0.25, -0.2) is 4.98 Å². The molecule has 1 atom stereocenters. The second kappa shape index (κ2) is 9.28. The molecule has 7 nitrogen and oxygen atoms in total. The minimum absolute atomic E-state index is 0.0782. The van der Waals surface area contributed by atoms with Gasteiger partial charge in [0.1, 0.15) is 17.3 Å². The molecule has 0 amide bonds. The molecule has 2 aromatic heterocycles. The number of guanidine groups is 1. The van der Waals surface area contributed by atoms with Crippen LogP contribution < -0.4 is 10.6 Å². The zero-order valence-electron chi connectivity index (χ0n) is 17.7. The Kier molecular flexibility index (Phi) is 6.78. The van der Waals surface area contributed by atoms with Crippen molar-refractivity contribution in [2.75, 3.05) is 26.7 Å². The molecule has 1 aliphatic heterocycles. The SMILES string of the molecule is CN=C(NCC1CCN(Cc2nc(C)c(C)o2)CC1)NC(C)c1ccc(C)o1. The molecule has 3 rings (SSSR count). The highest BCUT2D eigenvalue weighted by atomic mass is 16.4. The molecule has 3 heterocycles. The smallest absolute Gasteiger partial charge is 0.208 e. The van der Waals surface area contributed by atoms with Crippen LogP contribution in [-0.4, -0.2) is 42.5 Å². The topological polar surface area (TPSA) is 78.8 Å². The lowest BCUT2D eigenvalue weighted by Crippen LogP contribution is -2.43. The standard InChI is InChI=1S/C21H33N5O2/c1-14-6-7-19(27-14)16(3)25-21(22-5)23-12-18-8-10-26(11-9-18)13-20-24-15(2)17(4)28-20/h6-7,16,18H,8-13H2,1-5H3,(H2,22,23,25). The number of nitrogens with zero attached hydrogens (tertiary/aromatic N) is 3. The number of nitrogens with one attached hydrogen (secondary N) is 2. The van der Waals surface area contributed by atoms with E-state index in [1.807, 2.05) is 32.9 Å². The molecule has 0 radical (unpaired) electrons. The molecule has 0 aliphatic carbocycles. The first-order chi connectivity index (χ1) is 13.4. The molecule has 154 valence electrons. The van der Waals surface area contributed by atoms with Crippen LogP contribution >= 0.6 is 0 Å². The van der Waals surface area contributed by atoms with E-state index >= 15 is 0 Å². The van der Waals surface area contributed by atoms with Gasteiger partial charge in [0.05, 0.1) is 18.3 Å². The third-order valence-electron chi connectivity index (χ3n) is 5.46. The van der Waals surface area contributed by atoms with Gasteiger partial charge in [-0.1, -0.05) is 0 Å². The number of oxazole rings is 1. The summed E-state index contributed by atoms with van der Waals surface area (Å²) in [5.41, 5.74) is 0.993. The van der Waals surface area contributed by atoms with Gasteiger partial charge in [-0.2, -0.15) is 0 Å². The number of aryl methyl sites for hydroxylation is 3. The predicted molar refractivity (Wildman–Crippen MR) is 110 cm³/mol. The van der Waals surface area contributed by atoms with Gasteiger partial charge in [-0.15, -0.1) is 0 Å². The average molecular weight is 388 g/mol. The molecule has 1 saturated heterocycles. The zero-order chi connectivity index (χ0) is 20.1. The largest absolute Gasteiger partial charge is 0.464 e. The van der Waals surface area contributed by atoms with Crippen LogP contribution in [0.2, 0.25) is 0 Å². The highest BCUT2D eigenvalue weighted by Gasteiger charge is 2.21. The van der Waals surface area contributed by atoms with E-state index in [4.69, 9.17) is 8.83 Å². The van der Waals surface area contributed by atoms with Crippen LogP contribution in [0.4, 0.5) is 0 Å². The molecule has 28 heavy (non-hydrogen) atoms. The number of aromatic nitrogens is 1. The molecule has 0 spiro atoms. The Morgan fingerprint density at radius 2 is 2.00 bits per heavy atom. The van der Waals surface area contributed by atoms with Crippen LogP contribution in [0.25, 0.3) is 0 Å². The van der Waals surface area contributed by atoms with Crippen LogP contribution in [-0.2, 0) is 6.54 Å². The maximum atomic E-state index is 5.72. The van der Waals surface area contributed by atoms with Crippen molar-refractivity contribution in [3.05, 3.63) is 41.0 Å². The fourth-order valence-electron chi connectivity index (χ4n) is 3.54. The number of hydrogen-bond donors (Lipinski definition) is 2. The number of aliphatic imine (C=N–C) groups is 1. The molecular formula is C21H33N5O2. The highest BCUT2D eigenvalue weighted by Crippen LogP contribution is 2.19. The van der Waals surface area contributed by atoms with Gasteiger partial charge >= 0.3 is 0 Å². The van der Waals surface area contributed by atoms with E-state index in [9.17, 15) is 0 Å². The molecule has 1 unspecified atom stereocenters. The van der Waals surface area contributed by atoms with Crippen LogP contribution in [0, 0.1) is 26.7 Å². The number of furan rings is 1. The van der Waals surface area contributed by atoms with E-state index in [0.717, 1.165) is 73.8 Å². The number of hydrogen-bond acceptors (Lipinski definition) is 5. The Hall–Kier alpha value is -2.28. The van der Waals surface area contributed by atoms with Crippen LogP contribution in [0.15, 0.2) is 26.0 Å². The fraction of sp³-hybridized carbons (Fsp3) is 0.619. The summed E-state index contributed by atoms with van der Waals surface area (Å²) in [6, 6.07) is 4.07. The highest BCUT2D eigenvalue weighted by molar-refractivity contribution is 5.80. The zero-order valence-corrected chi connectivity index (χ0v) is 17.7. The first-order valence-corrected chi connectivity index (χ1v) is 10.1. The Bertz CT molecular complexity index is 767. The minimum Gasteiger partial charge on any atom is -0.464 e. The summed E-state index contributed by atoms with van der Waals surface area (Å²) >= 11 is 0. The van der Waals surface area contributed by atoms with Crippen molar-refractivity contribution in [2.45, 2.75) is 53.1 Å². The maximum Gasteiger partial charge on any atom is 0.208 e. The predicted octanol–water partition coefficient (Wildman–Crippen LogP) is 3.33.